The van der Waals surface area contributed by atoms with Crippen LogP contribution in [-0.4, -0.2) is 19.1 Å². The highest BCUT2D eigenvalue weighted by atomic mass is 16.5. The molecule has 0 bridgehead atoms. The summed E-state index contributed by atoms with van der Waals surface area (Å²) in [6.45, 7) is 2.01. The lowest BCUT2D eigenvalue weighted by Crippen LogP contribution is -2.52. The van der Waals surface area contributed by atoms with Crippen molar-refractivity contribution in [2.75, 3.05) is 7.11 Å². The van der Waals surface area contributed by atoms with Crippen LogP contribution in [0.25, 0.3) is 0 Å². The fourth-order valence-electron chi connectivity index (χ4n) is 1.88. The summed E-state index contributed by atoms with van der Waals surface area (Å²) in [6.07, 6.45) is 3.74. The molecule has 1 aliphatic carbocycles. The molecule has 0 aromatic heterocycles. The van der Waals surface area contributed by atoms with Gasteiger partial charge in [-0.15, -0.1) is 0 Å². The first-order valence-corrected chi connectivity index (χ1v) is 4.51. The quantitative estimate of drug-likeness (QED) is 0.646. The van der Waals surface area contributed by atoms with Crippen LogP contribution in [0, 0.1) is 5.41 Å². The van der Waals surface area contributed by atoms with Crippen molar-refractivity contribution in [1.82, 2.24) is 0 Å². The van der Waals surface area contributed by atoms with Gasteiger partial charge in [-0.05, 0) is 19.3 Å². The Kier molecular flexibility index (Phi) is 2.73. The van der Waals surface area contributed by atoms with E-state index in [4.69, 9.17) is 10.5 Å². The maximum absolute atomic E-state index is 11.4. The molecule has 1 rings (SSSR count). The van der Waals surface area contributed by atoms with Gasteiger partial charge in [-0.1, -0.05) is 13.3 Å². The molecule has 0 aromatic carbocycles. The summed E-state index contributed by atoms with van der Waals surface area (Å²) in [6, 6.07) is -0.0290. The summed E-state index contributed by atoms with van der Waals surface area (Å²) in [5.41, 5.74) is 5.55. The number of ether oxygens (including phenoxy) is 1. The predicted molar refractivity (Wildman–Crippen MR) is 46.6 cm³/mol. The fourth-order valence-corrected chi connectivity index (χ4v) is 1.88. The van der Waals surface area contributed by atoms with E-state index >= 15 is 0 Å². The average Bonchev–Trinajstić information content (AvgIpc) is 2.01. The van der Waals surface area contributed by atoms with Crippen LogP contribution in [0.5, 0.6) is 0 Å². The van der Waals surface area contributed by atoms with Crippen LogP contribution in [0.3, 0.4) is 0 Å². The van der Waals surface area contributed by atoms with Gasteiger partial charge in [0.05, 0.1) is 12.5 Å². The monoisotopic (exact) mass is 171 g/mol. The third-order valence-electron chi connectivity index (χ3n) is 2.99. The smallest absolute Gasteiger partial charge is 0.313 e. The van der Waals surface area contributed by atoms with Gasteiger partial charge in [0.2, 0.25) is 0 Å². The Hall–Kier alpha value is -0.570. The molecule has 2 N–H and O–H groups in total. The Bertz CT molecular complexity index is 175. The maximum Gasteiger partial charge on any atom is 0.313 e. The van der Waals surface area contributed by atoms with E-state index < -0.39 is 0 Å². The van der Waals surface area contributed by atoms with Crippen molar-refractivity contribution in [3.8, 4) is 0 Å². The third-order valence-corrected chi connectivity index (χ3v) is 2.99. The zero-order valence-electron chi connectivity index (χ0n) is 7.80. The molecular formula is C9H17NO2. The Labute approximate surface area is 73.3 Å². The van der Waals surface area contributed by atoms with E-state index in [2.05, 4.69) is 0 Å². The third kappa shape index (κ3) is 1.22. The van der Waals surface area contributed by atoms with Crippen LogP contribution in [0.1, 0.15) is 32.6 Å². The van der Waals surface area contributed by atoms with Crippen LogP contribution < -0.4 is 5.73 Å². The maximum atomic E-state index is 11.4. The number of methoxy groups -OCH3 is 1. The first kappa shape index (κ1) is 9.52. The lowest BCUT2D eigenvalue weighted by Gasteiger charge is -2.43. The van der Waals surface area contributed by atoms with E-state index in [1.807, 2.05) is 6.92 Å². The van der Waals surface area contributed by atoms with Crippen molar-refractivity contribution in [1.29, 1.82) is 0 Å². The zero-order chi connectivity index (χ0) is 9.19. The van der Waals surface area contributed by atoms with Gasteiger partial charge in [0.25, 0.3) is 0 Å². The average molecular weight is 171 g/mol. The van der Waals surface area contributed by atoms with Crippen molar-refractivity contribution >= 4 is 5.97 Å². The molecule has 3 nitrogen and oxygen atoms in total. The number of carbonyl (C=O) groups excluding carboxylic acids is 1. The predicted octanol–water partition coefficient (Wildman–Crippen LogP) is 1.07. The van der Waals surface area contributed by atoms with Crippen LogP contribution >= 0.6 is 0 Å². The summed E-state index contributed by atoms with van der Waals surface area (Å²) < 4.78 is 4.76. The van der Waals surface area contributed by atoms with Crippen LogP contribution in [0.4, 0.5) is 0 Å². The van der Waals surface area contributed by atoms with E-state index in [1.54, 1.807) is 0 Å². The molecule has 0 saturated heterocycles. The van der Waals surface area contributed by atoms with Gasteiger partial charge in [-0.3, -0.25) is 4.79 Å². The Morgan fingerprint density at radius 3 is 2.50 bits per heavy atom. The van der Waals surface area contributed by atoms with Crippen molar-refractivity contribution in [2.45, 2.75) is 38.6 Å². The molecule has 3 heteroatoms. The van der Waals surface area contributed by atoms with Gasteiger partial charge in [0, 0.05) is 6.04 Å². The molecular weight excluding hydrogens is 154 g/mol. The zero-order valence-corrected chi connectivity index (χ0v) is 7.80. The van der Waals surface area contributed by atoms with Crippen LogP contribution in [-0.2, 0) is 9.53 Å². The number of rotatable bonds is 3. The SMILES string of the molecule is CCC(N)C1(C(=O)OC)CCC1. The van der Waals surface area contributed by atoms with Crippen molar-refractivity contribution in [2.24, 2.45) is 11.1 Å². The molecule has 0 aliphatic heterocycles. The van der Waals surface area contributed by atoms with E-state index in [1.165, 1.54) is 7.11 Å². The topological polar surface area (TPSA) is 52.3 Å². The Morgan fingerprint density at radius 1 is 1.67 bits per heavy atom. The lowest BCUT2D eigenvalue weighted by atomic mass is 9.63. The second-order valence-electron chi connectivity index (χ2n) is 3.52. The number of carbonyl (C=O) groups is 1. The van der Waals surface area contributed by atoms with Crippen molar-refractivity contribution in [3.05, 3.63) is 0 Å². The second kappa shape index (κ2) is 3.44. The molecule has 12 heavy (non-hydrogen) atoms. The van der Waals surface area contributed by atoms with Crippen molar-refractivity contribution in [3.63, 3.8) is 0 Å². The fraction of sp³-hybridized carbons (Fsp3) is 0.889. The summed E-state index contributed by atoms with van der Waals surface area (Å²) in [7, 11) is 1.44. The van der Waals surface area contributed by atoms with Gasteiger partial charge in [0.1, 0.15) is 0 Å². The molecule has 0 aromatic rings. The molecule has 70 valence electrons. The molecule has 1 saturated carbocycles. The largest absolute Gasteiger partial charge is 0.469 e. The highest BCUT2D eigenvalue weighted by Crippen LogP contribution is 2.44. The molecule has 1 atom stereocenters. The number of nitrogens with two attached hydrogens (primary N) is 1. The van der Waals surface area contributed by atoms with Crippen molar-refractivity contribution < 1.29 is 9.53 Å². The van der Waals surface area contributed by atoms with E-state index in [0.717, 1.165) is 25.7 Å². The van der Waals surface area contributed by atoms with Gasteiger partial charge in [-0.25, -0.2) is 0 Å². The highest BCUT2D eigenvalue weighted by molar-refractivity contribution is 5.78. The Balaban J connectivity index is 2.68. The second-order valence-corrected chi connectivity index (χ2v) is 3.52. The van der Waals surface area contributed by atoms with Gasteiger partial charge in [0.15, 0.2) is 0 Å². The summed E-state index contributed by atoms with van der Waals surface area (Å²) >= 11 is 0. The lowest BCUT2D eigenvalue weighted by molar-refractivity contribution is -0.160. The molecule has 1 unspecified atom stereocenters. The Morgan fingerprint density at radius 2 is 2.25 bits per heavy atom. The van der Waals surface area contributed by atoms with Gasteiger partial charge in [-0.2, -0.15) is 0 Å². The summed E-state index contributed by atoms with van der Waals surface area (Å²) in [4.78, 5) is 11.4. The molecule has 0 amide bonds. The van der Waals surface area contributed by atoms with Crippen LogP contribution in [0.2, 0.25) is 0 Å². The summed E-state index contributed by atoms with van der Waals surface area (Å²) in [5, 5.41) is 0. The van der Waals surface area contributed by atoms with Gasteiger partial charge < -0.3 is 10.5 Å². The van der Waals surface area contributed by atoms with Crippen LogP contribution in [0.15, 0.2) is 0 Å². The van der Waals surface area contributed by atoms with E-state index in [-0.39, 0.29) is 17.4 Å². The number of esters is 1. The molecule has 0 spiro atoms. The summed E-state index contributed by atoms with van der Waals surface area (Å²) in [5.74, 6) is -0.122. The highest BCUT2D eigenvalue weighted by Gasteiger charge is 2.49. The minimum absolute atomic E-state index is 0.0290. The van der Waals surface area contributed by atoms with Gasteiger partial charge >= 0.3 is 5.97 Å². The molecule has 1 fully saturated rings. The minimum atomic E-state index is -0.344. The van der Waals surface area contributed by atoms with E-state index in [9.17, 15) is 4.79 Å². The first-order valence-electron chi connectivity index (χ1n) is 4.51. The minimum Gasteiger partial charge on any atom is -0.469 e. The molecule has 0 heterocycles. The number of hydrogen-bond acceptors (Lipinski definition) is 3. The normalized spacial score (nSPS) is 22.6. The van der Waals surface area contributed by atoms with E-state index in [0.29, 0.717) is 0 Å². The first-order chi connectivity index (χ1) is 5.67. The number of hydrogen-bond donors (Lipinski definition) is 1. The standard InChI is InChI=1S/C9H17NO2/c1-3-7(10)9(5-4-6-9)8(11)12-2/h7H,3-6,10H2,1-2H3. The molecule has 0 radical (unpaired) electrons. The molecule has 1 aliphatic rings.